The molecule has 27 heavy (non-hydrogen) atoms. The number of hydrogen-bond donors (Lipinski definition) is 1. The molecule has 1 N–H and O–H groups in total. The molecule has 4 rings (SSSR count). The molecule has 0 unspecified atom stereocenters. The monoisotopic (exact) mass is 372 g/mol. The lowest BCUT2D eigenvalue weighted by Crippen LogP contribution is -2.44. The summed E-state index contributed by atoms with van der Waals surface area (Å²) >= 11 is 0. The van der Waals surface area contributed by atoms with E-state index in [1.807, 2.05) is 38.5 Å². The maximum Gasteiger partial charge on any atom is 0.148 e. The van der Waals surface area contributed by atoms with Gasteiger partial charge in [0.15, 0.2) is 0 Å². The number of aromatic nitrogens is 4. The van der Waals surface area contributed by atoms with Crippen LogP contribution < -0.4 is 5.32 Å². The molecule has 2 aromatic heterocycles. The maximum absolute atomic E-state index is 6.29. The van der Waals surface area contributed by atoms with Crippen LogP contribution in [0.1, 0.15) is 17.9 Å². The molecule has 2 aliphatic rings. The number of ether oxygens (including phenoxy) is 2. The summed E-state index contributed by atoms with van der Waals surface area (Å²) in [5.74, 6) is 2.32. The number of aryl methyl sites for hydroxylation is 2. The third-order valence-corrected chi connectivity index (χ3v) is 5.37. The van der Waals surface area contributed by atoms with E-state index in [9.17, 15) is 0 Å². The lowest BCUT2D eigenvalue weighted by molar-refractivity contribution is -0.0564. The molecular formula is C19H28N6O2. The topological polar surface area (TPSA) is 77.3 Å². The number of imidazole rings is 1. The predicted octanol–water partition coefficient (Wildman–Crippen LogP) is 1.24. The van der Waals surface area contributed by atoms with Crippen LogP contribution in [0.5, 0.6) is 0 Å². The third-order valence-electron chi connectivity index (χ3n) is 5.37. The van der Waals surface area contributed by atoms with E-state index in [1.165, 1.54) is 0 Å². The largest absolute Gasteiger partial charge is 0.377 e. The van der Waals surface area contributed by atoms with Crippen molar-refractivity contribution in [3.8, 4) is 0 Å². The Labute approximate surface area is 159 Å². The minimum atomic E-state index is -0.229. The van der Waals surface area contributed by atoms with Crippen LogP contribution in [0.15, 0.2) is 24.5 Å². The van der Waals surface area contributed by atoms with Crippen molar-refractivity contribution in [1.29, 1.82) is 0 Å². The smallest absolute Gasteiger partial charge is 0.148 e. The molecule has 0 radical (unpaired) electrons. The number of nitrogens with zero attached hydrogens (tertiary/aromatic N) is 5. The zero-order valence-corrected chi connectivity index (χ0v) is 16.1. The van der Waals surface area contributed by atoms with Gasteiger partial charge in [-0.15, -0.1) is 5.10 Å². The average Bonchev–Trinajstić information content (AvgIpc) is 3.18. The van der Waals surface area contributed by atoms with Gasteiger partial charge in [-0.3, -0.25) is 4.90 Å². The molecular weight excluding hydrogens is 344 g/mol. The van der Waals surface area contributed by atoms with Crippen LogP contribution in [0.2, 0.25) is 0 Å². The first kappa shape index (κ1) is 18.3. The van der Waals surface area contributed by atoms with E-state index in [-0.39, 0.29) is 5.60 Å². The number of rotatable bonds is 5. The van der Waals surface area contributed by atoms with Gasteiger partial charge in [0.05, 0.1) is 32.1 Å². The van der Waals surface area contributed by atoms with Crippen molar-refractivity contribution in [3.05, 3.63) is 36.0 Å². The van der Waals surface area contributed by atoms with Gasteiger partial charge in [0, 0.05) is 45.0 Å². The second-order valence-electron chi connectivity index (χ2n) is 7.72. The first-order chi connectivity index (χ1) is 13.1. The lowest BCUT2D eigenvalue weighted by atomic mass is 9.94. The molecule has 2 saturated heterocycles. The highest BCUT2D eigenvalue weighted by atomic mass is 16.5. The number of anilines is 1. The van der Waals surface area contributed by atoms with E-state index < -0.39 is 0 Å². The molecule has 8 nitrogen and oxygen atoms in total. The molecule has 0 bridgehead atoms. The molecule has 4 heterocycles. The van der Waals surface area contributed by atoms with Crippen LogP contribution >= 0.6 is 0 Å². The molecule has 2 aliphatic heterocycles. The van der Waals surface area contributed by atoms with Gasteiger partial charge in [-0.25, -0.2) is 4.98 Å². The zero-order chi connectivity index (χ0) is 18.7. The maximum atomic E-state index is 6.29. The van der Waals surface area contributed by atoms with Gasteiger partial charge in [0.25, 0.3) is 0 Å². The molecule has 2 atom stereocenters. The van der Waals surface area contributed by atoms with Gasteiger partial charge < -0.3 is 19.4 Å². The van der Waals surface area contributed by atoms with E-state index in [4.69, 9.17) is 9.47 Å². The van der Waals surface area contributed by atoms with Crippen molar-refractivity contribution in [2.75, 3.05) is 44.8 Å². The zero-order valence-electron chi connectivity index (χ0n) is 16.1. The summed E-state index contributed by atoms with van der Waals surface area (Å²) in [7, 11) is 2.04. The van der Waals surface area contributed by atoms with E-state index in [2.05, 4.69) is 30.0 Å². The highest BCUT2D eigenvalue weighted by molar-refractivity contribution is 5.32. The summed E-state index contributed by atoms with van der Waals surface area (Å²) in [6.45, 7) is 7.50. The van der Waals surface area contributed by atoms with Crippen LogP contribution in [0.4, 0.5) is 5.82 Å². The fourth-order valence-electron chi connectivity index (χ4n) is 3.89. The lowest BCUT2D eigenvalue weighted by Gasteiger charge is -2.31. The Balaban J connectivity index is 1.34. The molecule has 0 saturated carbocycles. The summed E-state index contributed by atoms with van der Waals surface area (Å²) in [5, 5.41) is 11.7. The third kappa shape index (κ3) is 4.45. The van der Waals surface area contributed by atoms with E-state index >= 15 is 0 Å². The van der Waals surface area contributed by atoms with Gasteiger partial charge in [-0.1, -0.05) is 0 Å². The average molecular weight is 372 g/mol. The molecule has 1 spiro atoms. The number of nitrogens with one attached hydrogen (secondary N) is 1. The van der Waals surface area contributed by atoms with Gasteiger partial charge in [0.2, 0.25) is 0 Å². The van der Waals surface area contributed by atoms with E-state index in [0.717, 1.165) is 63.1 Å². The van der Waals surface area contributed by atoms with Gasteiger partial charge >= 0.3 is 0 Å². The molecule has 0 aliphatic carbocycles. The SMILES string of the molecule is Cc1ccc(NC[C@H]2CO[C@@]3(COCCN(Cc4nccn4C)C3)C2)nn1. The molecule has 2 fully saturated rings. The van der Waals surface area contributed by atoms with Crippen molar-refractivity contribution >= 4 is 5.82 Å². The van der Waals surface area contributed by atoms with Crippen LogP contribution in [-0.4, -0.2) is 69.7 Å². The Morgan fingerprint density at radius 3 is 3.04 bits per heavy atom. The quantitative estimate of drug-likeness (QED) is 0.846. The molecule has 2 aromatic rings. The Kier molecular flexibility index (Phi) is 5.38. The van der Waals surface area contributed by atoms with Crippen LogP contribution in [-0.2, 0) is 23.1 Å². The first-order valence-electron chi connectivity index (χ1n) is 9.56. The summed E-state index contributed by atoms with van der Waals surface area (Å²) in [6, 6.07) is 3.94. The molecule has 146 valence electrons. The van der Waals surface area contributed by atoms with Crippen molar-refractivity contribution in [2.45, 2.75) is 25.5 Å². The van der Waals surface area contributed by atoms with E-state index in [1.54, 1.807) is 0 Å². The first-order valence-corrected chi connectivity index (χ1v) is 9.56. The van der Waals surface area contributed by atoms with Gasteiger partial charge in [0.1, 0.15) is 17.2 Å². The Bertz CT molecular complexity index is 749. The summed E-state index contributed by atoms with van der Waals surface area (Å²) in [5.41, 5.74) is 0.694. The molecule has 0 amide bonds. The normalized spacial score (nSPS) is 26.4. The van der Waals surface area contributed by atoms with Crippen LogP contribution in [0, 0.1) is 12.8 Å². The van der Waals surface area contributed by atoms with Crippen LogP contribution in [0.3, 0.4) is 0 Å². The molecule has 8 heteroatoms. The van der Waals surface area contributed by atoms with Crippen molar-refractivity contribution in [2.24, 2.45) is 13.0 Å². The number of hydrogen-bond acceptors (Lipinski definition) is 7. The van der Waals surface area contributed by atoms with E-state index in [0.29, 0.717) is 12.5 Å². The minimum absolute atomic E-state index is 0.229. The predicted molar refractivity (Wildman–Crippen MR) is 101 cm³/mol. The van der Waals surface area contributed by atoms with Crippen molar-refractivity contribution < 1.29 is 9.47 Å². The minimum Gasteiger partial charge on any atom is -0.377 e. The fourth-order valence-corrected chi connectivity index (χ4v) is 3.89. The summed E-state index contributed by atoms with van der Waals surface area (Å²) < 4.78 is 14.3. The summed E-state index contributed by atoms with van der Waals surface area (Å²) in [4.78, 5) is 6.86. The second-order valence-corrected chi connectivity index (χ2v) is 7.72. The van der Waals surface area contributed by atoms with Gasteiger partial charge in [-0.05, 0) is 25.5 Å². The van der Waals surface area contributed by atoms with Gasteiger partial charge in [-0.2, -0.15) is 5.10 Å². The Hall–Kier alpha value is -2.03. The highest BCUT2D eigenvalue weighted by Gasteiger charge is 2.43. The second kappa shape index (κ2) is 7.92. The van der Waals surface area contributed by atoms with Crippen molar-refractivity contribution in [3.63, 3.8) is 0 Å². The van der Waals surface area contributed by atoms with Crippen molar-refractivity contribution in [1.82, 2.24) is 24.6 Å². The van der Waals surface area contributed by atoms with Crippen LogP contribution in [0.25, 0.3) is 0 Å². The Morgan fingerprint density at radius 1 is 1.33 bits per heavy atom. The summed E-state index contributed by atoms with van der Waals surface area (Å²) in [6.07, 6.45) is 4.82. The standard InChI is InChI=1S/C19H28N6O2/c1-15-3-4-17(23-22-15)21-10-16-9-19(27-12-16)13-25(7-8-26-14-19)11-18-20-5-6-24(18)2/h3-6,16H,7-14H2,1-2H3,(H,21,23)/t16-,19-/m0/s1. The highest BCUT2D eigenvalue weighted by Crippen LogP contribution is 2.33. The molecule has 0 aromatic carbocycles. The Morgan fingerprint density at radius 2 is 2.26 bits per heavy atom. The fraction of sp³-hybridized carbons (Fsp3) is 0.632.